The summed E-state index contributed by atoms with van der Waals surface area (Å²) in [6.45, 7) is 2.99. The van der Waals surface area contributed by atoms with Gasteiger partial charge in [0.15, 0.2) is 0 Å². The van der Waals surface area contributed by atoms with Crippen LogP contribution in [0.1, 0.15) is 16.7 Å². The second kappa shape index (κ2) is 5.89. The van der Waals surface area contributed by atoms with E-state index < -0.39 is 0 Å². The van der Waals surface area contributed by atoms with Crippen molar-refractivity contribution in [3.05, 3.63) is 64.2 Å². The van der Waals surface area contributed by atoms with Gasteiger partial charge in [-0.25, -0.2) is 0 Å². The van der Waals surface area contributed by atoms with Crippen LogP contribution in [0.2, 0.25) is 5.02 Å². The Labute approximate surface area is 112 Å². The summed E-state index contributed by atoms with van der Waals surface area (Å²) in [6.07, 6.45) is 0. The van der Waals surface area contributed by atoms with Crippen LogP contribution in [0.25, 0.3) is 0 Å². The average molecular weight is 262 g/mol. The molecule has 18 heavy (non-hydrogen) atoms. The lowest BCUT2D eigenvalue weighted by molar-refractivity contribution is 0.304. The van der Waals surface area contributed by atoms with Crippen LogP contribution in [0.4, 0.5) is 0 Å². The fourth-order valence-electron chi connectivity index (χ4n) is 1.71. The molecule has 2 aromatic rings. The Morgan fingerprint density at radius 1 is 1.17 bits per heavy atom. The number of aryl methyl sites for hydroxylation is 1. The monoisotopic (exact) mass is 261 g/mol. The van der Waals surface area contributed by atoms with Crippen molar-refractivity contribution in [2.75, 3.05) is 0 Å². The van der Waals surface area contributed by atoms with Crippen molar-refractivity contribution in [3.8, 4) is 5.75 Å². The zero-order valence-corrected chi connectivity index (χ0v) is 11.1. The highest BCUT2D eigenvalue weighted by Gasteiger charge is 2.04. The predicted molar refractivity (Wildman–Crippen MR) is 74.9 cm³/mol. The van der Waals surface area contributed by atoms with Crippen LogP contribution in [0.3, 0.4) is 0 Å². The Balaban J connectivity index is 2.09. The predicted octanol–water partition coefficient (Wildman–Crippen LogP) is 3.69. The summed E-state index contributed by atoms with van der Waals surface area (Å²) in [5.74, 6) is 0.886. The van der Waals surface area contributed by atoms with E-state index in [9.17, 15) is 0 Å². The first kappa shape index (κ1) is 12.9. The van der Waals surface area contributed by atoms with Gasteiger partial charge in [-0.05, 0) is 30.2 Å². The zero-order valence-electron chi connectivity index (χ0n) is 10.3. The minimum Gasteiger partial charge on any atom is -0.489 e. The van der Waals surface area contributed by atoms with Gasteiger partial charge in [0.1, 0.15) is 12.4 Å². The van der Waals surface area contributed by atoms with Crippen molar-refractivity contribution in [2.24, 2.45) is 5.73 Å². The highest BCUT2D eigenvalue weighted by molar-refractivity contribution is 6.31. The number of benzene rings is 2. The van der Waals surface area contributed by atoms with Gasteiger partial charge in [-0.15, -0.1) is 0 Å². The molecule has 2 nitrogen and oxygen atoms in total. The number of nitrogens with two attached hydrogens (primary N) is 1. The molecule has 0 saturated heterocycles. The van der Waals surface area contributed by atoms with E-state index in [1.54, 1.807) is 0 Å². The minimum absolute atomic E-state index is 0.467. The normalized spacial score (nSPS) is 10.4. The molecule has 0 fully saturated rings. The molecule has 0 unspecified atom stereocenters. The number of ether oxygens (including phenoxy) is 1. The second-order valence-corrected chi connectivity index (χ2v) is 4.59. The van der Waals surface area contributed by atoms with E-state index >= 15 is 0 Å². The Kier molecular flexibility index (Phi) is 4.24. The van der Waals surface area contributed by atoms with Crippen molar-refractivity contribution in [1.82, 2.24) is 0 Å². The van der Waals surface area contributed by atoms with E-state index in [0.29, 0.717) is 18.2 Å². The van der Waals surface area contributed by atoms with Gasteiger partial charge in [-0.3, -0.25) is 0 Å². The van der Waals surface area contributed by atoms with Gasteiger partial charge >= 0.3 is 0 Å². The topological polar surface area (TPSA) is 35.2 Å². The molecule has 0 aliphatic carbocycles. The minimum atomic E-state index is 0.467. The molecular weight excluding hydrogens is 246 g/mol. The van der Waals surface area contributed by atoms with Crippen molar-refractivity contribution >= 4 is 11.6 Å². The molecule has 94 valence electrons. The third-order valence-electron chi connectivity index (χ3n) is 2.83. The molecule has 0 aliphatic heterocycles. The number of para-hydroxylation sites is 1. The van der Waals surface area contributed by atoms with Gasteiger partial charge in [0.25, 0.3) is 0 Å². The lowest BCUT2D eigenvalue weighted by Crippen LogP contribution is -2.00. The summed E-state index contributed by atoms with van der Waals surface area (Å²) in [7, 11) is 0. The van der Waals surface area contributed by atoms with Gasteiger partial charge in [0.05, 0.1) is 0 Å². The number of hydrogen-bond donors (Lipinski definition) is 1. The summed E-state index contributed by atoms with van der Waals surface area (Å²) in [5, 5.41) is 0.700. The molecule has 3 heteroatoms. The van der Waals surface area contributed by atoms with E-state index in [1.807, 2.05) is 49.4 Å². The van der Waals surface area contributed by atoms with Crippen molar-refractivity contribution in [2.45, 2.75) is 20.1 Å². The fraction of sp³-hybridized carbons (Fsp3) is 0.200. The Hall–Kier alpha value is -1.51. The molecule has 0 radical (unpaired) electrons. The maximum Gasteiger partial charge on any atom is 0.122 e. The molecular formula is C15H16ClNO. The van der Waals surface area contributed by atoms with Crippen LogP contribution in [0, 0.1) is 6.92 Å². The SMILES string of the molecule is Cc1ccccc1OCc1ccc(CN)cc1Cl. The molecule has 0 spiro atoms. The van der Waals surface area contributed by atoms with Crippen LogP contribution >= 0.6 is 11.6 Å². The molecule has 0 amide bonds. The highest BCUT2D eigenvalue weighted by Crippen LogP contribution is 2.22. The van der Waals surface area contributed by atoms with Gasteiger partial charge in [-0.1, -0.05) is 41.9 Å². The summed E-state index contributed by atoms with van der Waals surface area (Å²) in [5.41, 5.74) is 8.68. The Morgan fingerprint density at radius 3 is 2.61 bits per heavy atom. The first-order valence-electron chi connectivity index (χ1n) is 5.86. The summed E-state index contributed by atoms with van der Waals surface area (Å²) >= 11 is 6.18. The van der Waals surface area contributed by atoms with Gasteiger partial charge in [0.2, 0.25) is 0 Å². The van der Waals surface area contributed by atoms with E-state index in [4.69, 9.17) is 22.1 Å². The van der Waals surface area contributed by atoms with Crippen LogP contribution < -0.4 is 10.5 Å². The maximum atomic E-state index is 6.18. The summed E-state index contributed by atoms with van der Waals surface area (Å²) in [4.78, 5) is 0. The van der Waals surface area contributed by atoms with E-state index in [2.05, 4.69) is 0 Å². The number of rotatable bonds is 4. The fourth-order valence-corrected chi connectivity index (χ4v) is 1.97. The zero-order chi connectivity index (χ0) is 13.0. The van der Waals surface area contributed by atoms with Crippen LogP contribution in [-0.4, -0.2) is 0 Å². The number of hydrogen-bond acceptors (Lipinski definition) is 2. The summed E-state index contributed by atoms with van der Waals surface area (Å²) in [6, 6.07) is 13.8. The molecule has 2 aromatic carbocycles. The van der Waals surface area contributed by atoms with Crippen LogP contribution in [-0.2, 0) is 13.2 Å². The Bertz CT molecular complexity index is 540. The Morgan fingerprint density at radius 2 is 1.94 bits per heavy atom. The van der Waals surface area contributed by atoms with Crippen LogP contribution in [0.15, 0.2) is 42.5 Å². The van der Waals surface area contributed by atoms with E-state index in [-0.39, 0.29) is 0 Å². The van der Waals surface area contributed by atoms with Crippen LogP contribution in [0.5, 0.6) is 5.75 Å². The molecule has 0 heterocycles. The van der Waals surface area contributed by atoms with Crippen molar-refractivity contribution < 1.29 is 4.74 Å². The molecule has 0 aromatic heterocycles. The summed E-state index contributed by atoms with van der Waals surface area (Å²) < 4.78 is 5.76. The smallest absolute Gasteiger partial charge is 0.122 e. The lowest BCUT2D eigenvalue weighted by atomic mass is 10.1. The molecule has 0 aliphatic rings. The van der Waals surface area contributed by atoms with E-state index in [1.165, 1.54) is 0 Å². The third kappa shape index (κ3) is 3.03. The first-order chi connectivity index (χ1) is 8.70. The quantitative estimate of drug-likeness (QED) is 0.911. The maximum absolute atomic E-state index is 6.18. The second-order valence-electron chi connectivity index (χ2n) is 4.18. The largest absolute Gasteiger partial charge is 0.489 e. The van der Waals surface area contributed by atoms with Gasteiger partial charge in [-0.2, -0.15) is 0 Å². The van der Waals surface area contributed by atoms with Crippen molar-refractivity contribution in [1.29, 1.82) is 0 Å². The molecule has 2 rings (SSSR count). The van der Waals surface area contributed by atoms with Gasteiger partial charge < -0.3 is 10.5 Å². The average Bonchev–Trinajstić information content (AvgIpc) is 2.39. The van der Waals surface area contributed by atoms with E-state index in [0.717, 1.165) is 22.4 Å². The van der Waals surface area contributed by atoms with Crippen molar-refractivity contribution in [3.63, 3.8) is 0 Å². The molecule has 0 saturated carbocycles. The molecule has 0 atom stereocenters. The lowest BCUT2D eigenvalue weighted by Gasteiger charge is -2.10. The standard InChI is InChI=1S/C15H16ClNO/c1-11-4-2-3-5-15(11)18-10-13-7-6-12(9-17)8-14(13)16/h2-8H,9-10,17H2,1H3. The number of halogens is 1. The highest BCUT2D eigenvalue weighted by atomic mass is 35.5. The molecule has 0 bridgehead atoms. The molecule has 2 N–H and O–H groups in total. The first-order valence-corrected chi connectivity index (χ1v) is 6.24. The third-order valence-corrected chi connectivity index (χ3v) is 3.18. The van der Waals surface area contributed by atoms with Gasteiger partial charge in [0, 0.05) is 17.1 Å².